The summed E-state index contributed by atoms with van der Waals surface area (Å²) < 4.78 is 0. The molecule has 4 aromatic rings. The van der Waals surface area contributed by atoms with E-state index >= 15 is 0 Å². The molecule has 0 atom stereocenters. The highest BCUT2D eigenvalue weighted by Crippen LogP contribution is 2.33. The lowest BCUT2D eigenvalue weighted by atomic mass is 10.2. The second kappa shape index (κ2) is 7.95. The van der Waals surface area contributed by atoms with Gasteiger partial charge in [0.25, 0.3) is 11.1 Å². The third-order valence-electron chi connectivity index (χ3n) is 5.14. The fraction of sp³-hybridized carbons (Fsp3) is 0.263. The Morgan fingerprint density at radius 2 is 1.97 bits per heavy atom. The first-order valence-electron chi connectivity index (χ1n) is 9.35. The van der Waals surface area contributed by atoms with Crippen LogP contribution in [-0.2, 0) is 6.54 Å². The van der Waals surface area contributed by atoms with Crippen LogP contribution in [0.15, 0.2) is 38.7 Å². The van der Waals surface area contributed by atoms with E-state index in [1.165, 1.54) is 11.3 Å². The third-order valence-corrected chi connectivity index (χ3v) is 7.28. The smallest absolute Gasteiger partial charge is 0.285 e. The molecule has 0 unspecified atom stereocenters. The molecule has 30 heavy (non-hydrogen) atoms. The fourth-order valence-corrected chi connectivity index (χ4v) is 5.63. The summed E-state index contributed by atoms with van der Waals surface area (Å²) in [5, 5.41) is 11.0. The molecular weight excluding hydrogens is 444 g/mol. The van der Waals surface area contributed by atoms with Gasteiger partial charge in [-0.2, -0.15) is 5.10 Å². The van der Waals surface area contributed by atoms with E-state index in [0.29, 0.717) is 36.5 Å². The zero-order valence-corrected chi connectivity index (χ0v) is 18.1. The molecular formula is C19H17ClN6O2S2. The van der Waals surface area contributed by atoms with Crippen LogP contribution in [0.4, 0.5) is 5.69 Å². The van der Waals surface area contributed by atoms with E-state index in [9.17, 15) is 9.59 Å². The summed E-state index contributed by atoms with van der Waals surface area (Å²) in [5.74, 6) is 0.663. The molecule has 1 fully saturated rings. The summed E-state index contributed by atoms with van der Waals surface area (Å²) in [7, 11) is 0. The Labute approximate surface area is 183 Å². The molecule has 0 spiro atoms. The highest BCUT2D eigenvalue weighted by atomic mass is 35.5. The van der Waals surface area contributed by atoms with Crippen molar-refractivity contribution < 1.29 is 0 Å². The quantitative estimate of drug-likeness (QED) is 0.486. The van der Waals surface area contributed by atoms with Gasteiger partial charge in [0.2, 0.25) is 0 Å². The second-order valence-electron chi connectivity index (χ2n) is 6.98. The van der Waals surface area contributed by atoms with Gasteiger partial charge in [0.15, 0.2) is 0 Å². The van der Waals surface area contributed by atoms with Gasteiger partial charge in [-0.1, -0.05) is 17.7 Å². The van der Waals surface area contributed by atoms with Crippen LogP contribution in [0.1, 0.15) is 5.82 Å². The number of aromatic amines is 2. The van der Waals surface area contributed by atoms with Gasteiger partial charge < -0.3 is 9.88 Å². The summed E-state index contributed by atoms with van der Waals surface area (Å²) in [6.45, 7) is 3.50. The third kappa shape index (κ3) is 3.56. The van der Waals surface area contributed by atoms with Gasteiger partial charge >= 0.3 is 0 Å². The molecule has 0 saturated carbocycles. The van der Waals surface area contributed by atoms with Gasteiger partial charge in [-0.15, -0.1) is 22.7 Å². The average Bonchev–Trinajstić information content (AvgIpc) is 3.40. The maximum absolute atomic E-state index is 12.8. The number of fused-ring (bicyclic) bond motifs is 1. The molecule has 154 valence electrons. The second-order valence-corrected chi connectivity index (χ2v) is 9.16. The molecule has 11 heteroatoms. The van der Waals surface area contributed by atoms with Crippen molar-refractivity contribution in [3.63, 3.8) is 0 Å². The van der Waals surface area contributed by atoms with Crippen LogP contribution in [0.25, 0.3) is 20.7 Å². The Hall–Kier alpha value is -2.53. The van der Waals surface area contributed by atoms with Gasteiger partial charge in [0.05, 0.1) is 23.8 Å². The topological polar surface area (TPSA) is 98.0 Å². The lowest BCUT2D eigenvalue weighted by Crippen LogP contribution is -2.46. The first-order chi connectivity index (χ1) is 14.6. The van der Waals surface area contributed by atoms with Gasteiger partial charge in [-0.3, -0.25) is 14.5 Å². The lowest BCUT2D eigenvalue weighted by molar-refractivity contribution is 0.244. The Kier molecular flexibility index (Phi) is 5.15. The largest absolute Gasteiger partial charge is 0.366 e. The molecule has 0 radical (unpaired) electrons. The van der Waals surface area contributed by atoms with Crippen LogP contribution >= 0.6 is 34.3 Å². The Morgan fingerprint density at radius 3 is 2.73 bits per heavy atom. The summed E-state index contributed by atoms with van der Waals surface area (Å²) in [6.07, 6.45) is 1.58. The molecule has 2 N–H and O–H groups in total. The summed E-state index contributed by atoms with van der Waals surface area (Å²) in [5.41, 5.74) is 1.11. The summed E-state index contributed by atoms with van der Waals surface area (Å²) in [6, 6.07) is 4.00. The highest BCUT2D eigenvalue weighted by Gasteiger charge is 2.22. The number of piperazine rings is 1. The van der Waals surface area contributed by atoms with E-state index < -0.39 is 0 Å². The van der Waals surface area contributed by atoms with Crippen molar-refractivity contribution in [1.29, 1.82) is 0 Å². The molecule has 4 aromatic heterocycles. The number of anilines is 1. The first-order valence-corrected chi connectivity index (χ1v) is 11.5. The monoisotopic (exact) mass is 460 g/mol. The van der Waals surface area contributed by atoms with E-state index in [2.05, 4.69) is 20.1 Å². The number of aromatic nitrogens is 4. The maximum atomic E-state index is 12.8. The normalized spacial score (nSPS) is 15.2. The molecule has 1 aliphatic heterocycles. The van der Waals surface area contributed by atoms with Crippen molar-refractivity contribution >= 4 is 50.2 Å². The van der Waals surface area contributed by atoms with E-state index in [4.69, 9.17) is 16.6 Å². The standard InChI is InChI=1S/C19H17ClN6O2S2/c20-16-12(8-21-24-18(16)28)26-5-3-25(4-6-26)9-14-22-17(27)15-11(10-30-19(15)23-14)13-2-1-7-29-13/h1-2,7-8,10H,3-6,9H2,(H,24,28)(H,22,23,27). The summed E-state index contributed by atoms with van der Waals surface area (Å²) >= 11 is 9.23. The SMILES string of the molecule is O=c1[nH]ncc(N2CCN(Cc3nc4scc(-c5cccs5)c4c(=O)[nH]3)CC2)c1Cl. The van der Waals surface area contributed by atoms with E-state index in [1.54, 1.807) is 17.5 Å². The number of H-pyrrole nitrogens is 2. The van der Waals surface area contributed by atoms with Crippen molar-refractivity contribution in [1.82, 2.24) is 25.1 Å². The minimum Gasteiger partial charge on any atom is -0.366 e. The van der Waals surface area contributed by atoms with E-state index in [1.807, 2.05) is 27.8 Å². The minimum atomic E-state index is -0.385. The Morgan fingerprint density at radius 1 is 1.13 bits per heavy atom. The lowest BCUT2D eigenvalue weighted by Gasteiger charge is -2.35. The van der Waals surface area contributed by atoms with Crippen LogP contribution in [0.2, 0.25) is 5.02 Å². The number of thiophene rings is 2. The van der Waals surface area contributed by atoms with Crippen molar-refractivity contribution in [2.24, 2.45) is 0 Å². The van der Waals surface area contributed by atoms with Crippen molar-refractivity contribution in [3.05, 3.63) is 60.6 Å². The maximum Gasteiger partial charge on any atom is 0.285 e. The molecule has 0 aromatic carbocycles. The van der Waals surface area contributed by atoms with E-state index in [0.717, 1.165) is 28.4 Å². The van der Waals surface area contributed by atoms with Crippen LogP contribution in [0.5, 0.6) is 0 Å². The van der Waals surface area contributed by atoms with Crippen LogP contribution in [0, 0.1) is 0 Å². The zero-order chi connectivity index (χ0) is 20.7. The number of halogens is 1. The minimum absolute atomic E-state index is 0.0975. The fourth-order valence-electron chi connectivity index (χ4n) is 3.63. The predicted octanol–water partition coefficient (Wildman–Crippen LogP) is 2.77. The highest BCUT2D eigenvalue weighted by molar-refractivity contribution is 7.18. The van der Waals surface area contributed by atoms with Crippen molar-refractivity contribution in [2.75, 3.05) is 31.1 Å². The van der Waals surface area contributed by atoms with Crippen LogP contribution < -0.4 is 16.0 Å². The number of nitrogens with one attached hydrogen (secondary N) is 2. The number of nitrogens with zero attached hydrogens (tertiary/aromatic N) is 4. The number of rotatable bonds is 4. The van der Waals surface area contributed by atoms with Gasteiger partial charge in [-0.05, 0) is 11.4 Å². The zero-order valence-electron chi connectivity index (χ0n) is 15.7. The molecule has 0 bridgehead atoms. The van der Waals surface area contributed by atoms with Gasteiger partial charge in [0.1, 0.15) is 15.7 Å². The predicted molar refractivity (Wildman–Crippen MR) is 121 cm³/mol. The molecule has 5 heterocycles. The van der Waals surface area contributed by atoms with Gasteiger partial charge in [-0.25, -0.2) is 10.1 Å². The molecule has 1 aliphatic rings. The molecule has 0 aliphatic carbocycles. The van der Waals surface area contributed by atoms with Crippen molar-refractivity contribution in [2.45, 2.75) is 6.54 Å². The van der Waals surface area contributed by atoms with Crippen LogP contribution in [0.3, 0.4) is 0 Å². The molecule has 5 rings (SSSR count). The molecule has 0 amide bonds. The molecule has 1 saturated heterocycles. The van der Waals surface area contributed by atoms with Crippen molar-refractivity contribution in [3.8, 4) is 10.4 Å². The molecule has 8 nitrogen and oxygen atoms in total. The Balaban J connectivity index is 1.32. The van der Waals surface area contributed by atoms with E-state index in [-0.39, 0.29) is 16.1 Å². The first kappa shape index (κ1) is 19.4. The van der Waals surface area contributed by atoms with Gasteiger partial charge in [0, 0.05) is 42.0 Å². The number of hydrogen-bond donors (Lipinski definition) is 2. The Bertz CT molecular complexity index is 1300. The van der Waals surface area contributed by atoms with Crippen LogP contribution in [-0.4, -0.2) is 51.2 Å². The average molecular weight is 461 g/mol. The number of hydrogen-bond acceptors (Lipinski definition) is 8. The summed E-state index contributed by atoms with van der Waals surface area (Å²) in [4.78, 5) is 38.2.